The SMILES string of the molecule is CCCCC1=CC(O)C2(CC2)C1=O. The molecule has 2 aliphatic rings. The minimum atomic E-state index is -0.480. The lowest BCUT2D eigenvalue weighted by molar-refractivity contribution is -0.121. The van der Waals surface area contributed by atoms with Gasteiger partial charge in [0.25, 0.3) is 0 Å². The Kier molecular flexibility index (Phi) is 2.03. The topological polar surface area (TPSA) is 37.3 Å². The number of allylic oxidation sites excluding steroid dienone is 1. The lowest BCUT2D eigenvalue weighted by atomic mass is 9.97. The molecule has 1 atom stereocenters. The lowest BCUT2D eigenvalue weighted by Gasteiger charge is -2.09. The zero-order valence-corrected chi connectivity index (χ0v) is 8.05. The van der Waals surface area contributed by atoms with Crippen molar-refractivity contribution in [3.05, 3.63) is 11.6 Å². The van der Waals surface area contributed by atoms with Crippen molar-refractivity contribution in [2.45, 2.75) is 45.1 Å². The number of ketones is 1. The van der Waals surface area contributed by atoms with Gasteiger partial charge in [0.1, 0.15) is 0 Å². The maximum absolute atomic E-state index is 11.8. The predicted molar refractivity (Wildman–Crippen MR) is 50.3 cm³/mol. The number of hydrogen-bond acceptors (Lipinski definition) is 2. The zero-order chi connectivity index (χ0) is 9.47. The molecule has 2 heteroatoms. The minimum absolute atomic E-state index is 0.230. The average molecular weight is 180 g/mol. The normalized spacial score (nSPS) is 29.5. The largest absolute Gasteiger partial charge is 0.388 e. The number of hydrogen-bond donors (Lipinski definition) is 1. The summed E-state index contributed by atoms with van der Waals surface area (Å²) in [7, 11) is 0. The van der Waals surface area contributed by atoms with E-state index in [-0.39, 0.29) is 11.2 Å². The third kappa shape index (κ3) is 1.24. The number of aliphatic hydroxyl groups excluding tert-OH is 1. The number of unbranched alkanes of at least 4 members (excludes halogenated alkanes) is 1. The molecule has 2 rings (SSSR count). The standard InChI is InChI=1S/C11H16O2/c1-2-3-4-8-7-9(12)11(5-6-11)10(8)13/h7,9,12H,2-6H2,1H3. The Balaban J connectivity index is 2.05. The number of carbonyl (C=O) groups is 1. The quantitative estimate of drug-likeness (QED) is 0.719. The first-order chi connectivity index (χ1) is 6.20. The molecule has 0 saturated heterocycles. The van der Waals surface area contributed by atoms with E-state index in [0.717, 1.165) is 37.7 Å². The molecular formula is C11H16O2. The van der Waals surface area contributed by atoms with Gasteiger partial charge in [0.2, 0.25) is 0 Å². The number of carbonyl (C=O) groups excluding carboxylic acids is 1. The van der Waals surface area contributed by atoms with Crippen molar-refractivity contribution in [2.75, 3.05) is 0 Å². The summed E-state index contributed by atoms with van der Waals surface area (Å²) in [4.78, 5) is 11.8. The van der Waals surface area contributed by atoms with Crippen LogP contribution in [0.1, 0.15) is 39.0 Å². The highest BCUT2D eigenvalue weighted by molar-refractivity contribution is 6.05. The van der Waals surface area contributed by atoms with Gasteiger partial charge in [-0.15, -0.1) is 0 Å². The molecule has 0 amide bonds. The highest BCUT2D eigenvalue weighted by Crippen LogP contribution is 2.55. The second-order valence-electron chi connectivity index (χ2n) is 4.23. The number of Topliss-reactive ketones (excluding diaryl/α,β-unsaturated/α-hetero) is 1. The summed E-state index contributed by atoms with van der Waals surface area (Å²) in [6.45, 7) is 2.11. The van der Waals surface area contributed by atoms with Crippen LogP contribution in [0, 0.1) is 5.41 Å². The van der Waals surface area contributed by atoms with E-state index in [9.17, 15) is 9.90 Å². The van der Waals surface area contributed by atoms with Gasteiger partial charge in [0, 0.05) is 0 Å². The smallest absolute Gasteiger partial charge is 0.167 e. The van der Waals surface area contributed by atoms with Crippen molar-refractivity contribution in [3.8, 4) is 0 Å². The Labute approximate surface area is 78.6 Å². The molecule has 1 saturated carbocycles. The molecule has 0 aromatic rings. The molecule has 1 fully saturated rings. The van der Waals surface area contributed by atoms with Crippen LogP contribution in [0.4, 0.5) is 0 Å². The maximum atomic E-state index is 11.8. The van der Waals surface area contributed by atoms with Crippen molar-refractivity contribution >= 4 is 5.78 Å². The molecule has 0 aromatic heterocycles. The zero-order valence-electron chi connectivity index (χ0n) is 8.05. The monoisotopic (exact) mass is 180 g/mol. The summed E-state index contributed by atoms with van der Waals surface area (Å²) in [5.74, 6) is 0.230. The molecule has 1 N–H and O–H groups in total. The molecule has 0 heterocycles. The summed E-state index contributed by atoms with van der Waals surface area (Å²) < 4.78 is 0. The molecule has 1 unspecified atom stereocenters. The molecule has 72 valence electrons. The Hall–Kier alpha value is -0.630. The summed E-state index contributed by atoms with van der Waals surface area (Å²) in [6, 6.07) is 0. The minimum Gasteiger partial charge on any atom is -0.388 e. The molecule has 0 bridgehead atoms. The van der Waals surface area contributed by atoms with Gasteiger partial charge in [-0.1, -0.05) is 13.3 Å². The Morgan fingerprint density at radius 3 is 2.77 bits per heavy atom. The van der Waals surface area contributed by atoms with Gasteiger partial charge in [-0.2, -0.15) is 0 Å². The van der Waals surface area contributed by atoms with E-state index in [1.165, 1.54) is 0 Å². The third-order valence-electron chi connectivity index (χ3n) is 3.26. The lowest BCUT2D eigenvalue weighted by Crippen LogP contribution is -2.22. The highest BCUT2D eigenvalue weighted by Gasteiger charge is 2.58. The van der Waals surface area contributed by atoms with Crippen LogP contribution in [0.2, 0.25) is 0 Å². The van der Waals surface area contributed by atoms with Crippen LogP contribution in [0.5, 0.6) is 0 Å². The van der Waals surface area contributed by atoms with Crippen LogP contribution in [0.25, 0.3) is 0 Å². The van der Waals surface area contributed by atoms with Crippen molar-refractivity contribution in [1.29, 1.82) is 0 Å². The van der Waals surface area contributed by atoms with Crippen LogP contribution in [0.3, 0.4) is 0 Å². The molecule has 2 nitrogen and oxygen atoms in total. The molecule has 0 aliphatic heterocycles. The molecule has 1 spiro atoms. The van der Waals surface area contributed by atoms with Gasteiger partial charge in [0.05, 0.1) is 11.5 Å². The van der Waals surface area contributed by atoms with E-state index in [1.54, 1.807) is 6.08 Å². The maximum Gasteiger partial charge on any atom is 0.167 e. The van der Waals surface area contributed by atoms with Crippen LogP contribution in [-0.2, 0) is 4.79 Å². The Morgan fingerprint density at radius 1 is 1.62 bits per heavy atom. The highest BCUT2D eigenvalue weighted by atomic mass is 16.3. The van der Waals surface area contributed by atoms with Crippen LogP contribution >= 0.6 is 0 Å². The van der Waals surface area contributed by atoms with E-state index in [2.05, 4.69) is 6.92 Å². The van der Waals surface area contributed by atoms with E-state index < -0.39 is 6.10 Å². The van der Waals surface area contributed by atoms with Gasteiger partial charge in [-0.25, -0.2) is 0 Å². The van der Waals surface area contributed by atoms with E-state index >= 15 is 0 Å². The summed E-state index contributed by atoms with van der Waals surface area (Å²) in [5, 5.41) is 9.66. The van der Waals surface area contributed by atoms with E-state index in [1.807, 2.05) is 0 Å². The fraction of sp³-hybridized carbons (Fsp3) is 0.727. The van der Waals surface area contributed by atoms with Gasteiger partial charge in [-0.05, 0) is 37.3 Å². The van der Waals surface area contributed by atoms with Crippen molar-refractivity contribution in [2.24, 2.45) is 5.41 Å². The van der Waals surface area contributed by atoms with Crippen molar-refractivity contribution < 1.29 is 9.90 Å². The second-order valence-corrected chi connectivity index (χ2v) is 4.23. The summed E-state index contributed by atoms with van der Waals surface area (Å²) in [6.07, 6.45) is 6.10. The van der Waals surface area contributed by atoms with E-state index in [0.29, 0.717) is 0 Å². The summed E-state index contributed by atoms with van der Waals surface area (Å²) in [5.41, 5.74) is 0.537. The Morgan fingerprint density at radius 2 is 2.31 bits per heavy atom. The van der Waals surface area contributed by atoms with Gasteiger partial charge >= 0.3 is 0 Å². The van der Waals surface area contributed by atoms with Crippen molar-refractivity contribution in [3.63, 3.8) is 0 Å². The van der Waals surface area contributed by atoms with Gasteiger partial charge < -0.3 is 5.11 Å². The predicted octanol–water partition coefficient (Wildman–Crippen LogP) is 1.83. The summed E-state index contributed by atoms with van der Waals surface area (Å²) >= 11 is 0. The molecule has 2 aliphatic carbocycles. The number of aliphatic hydroxyl groups is 1. The van der Waals surface area contributed by atoms with Crippen LogP contribution in [-0.4, -0.2) is 17.0 Å². The van der Waals surface area contributed by atoms with Gasteiger partial charge in [0.15, 0.2) is 5.78 Å². The third-order valence-corrected chi connectivity index (χ3v) is 3.26. The second kappa shape index (κ2) is 2.95. The first-order valence-corrected chi connectivity index (χ1v) is 5.14. The Bertz CT molecular complexity index is 261. The molecule has 13 heavy (non-hydrogen) atoms. The molecular weight excluding hydrogens is 164 g/mol. The van der Waals surface area contributed by atoms with Crippen molar-refractivity contribution in [1.82, 2.24) is 0 Å². The first kappa shape index (κ1) is 8.95. The fourth-order valence-electron chi connectivity index (χ4n) is 2.10. The van der Waals surface area contributed by atoms with Crippen LogP contribution < -0.4 is 0 Å². The first-order valence-electron chi connectivity index (χ1n) is 5.14. The molecule has 0 aromatic carbocycles. The van der Waals surface area contributed by atoms with Crippen LogP contribution in [0.15, 0.2) is 11.6 Å². The van der Waals surface area contributed by atoms with Gasteiger partial charge in [-0.3, -0.25) is 4.79 Å². The van der Waals surface area contributed by atoms with E-state index in [4.69, 9.17) is 0 Å². The molecule has 0 radical (unpaired) electrons. The number of rotatable bonds is 3. The average Bonchev–Trinajstić information content (AvgIpc) is 2.87. The fourth-order valence-corrected chi connectivity index (χ4v) is 2.10.